The van der Waals surface area contributed by atoms with Crippen molar-refractivity contribution in [3.8, 4) is 11.5 Å². The van der Waals surface area contributed by atoms with E-state index in [1.807, 2.05) is 25.1 Å². The van der Waals surface area contributed by atoms with Crippen molar-refractivity contribution in [1.82, 2.24) is 0 Å². The topological polar surface area (TPSA) is 61.8 Å². The molecule has 120 valence electrons. The van der Waals surface area contributed by atoms with Crippen molar-refractivity contribution in [2.45, 2.75) is 26.2 Å². The summed E-state index contributed by atoms with van der Waals surface area (Å²) in [5.74, 6) is -0.155. The van der Waals surface area contributed by atoms with Crippen molar-refractivity contribution in [3.63, 3.8) is 0 Å². The second-order valence-corrected chi connectivity index (χ2v) is 4.87. The highest BCUT2D eigenvalue weighted by Crippen LogP contribution is 2.22. The standard InChI is InChI=1S/C18H18O5/c1-2-3-12-17(19)22-23-18(20)14-8-7-11-16(13-14)21-15-9-5-4-6-10-15/h4-11,13H,2-3,12H2,1H3. The lowest BCUT2D eigenvalue weighted by Crippen LogP contribution is -2.11. The lowest BCUT2D eigenvalue weighted by molar-refractivity contribution is -0.234. The zero-order chi connectivity index (χ0) is 16.5. The number of rotatable bonds is 6. The molecule has 5 heteroatoms. The summed E-state index contributed by atoms with van der Waals surface area (Å²) in [5.41, 5.74) is 0.238. The van der Waals surface area contributed by atoms with Gasteiger partial charge in [0.25, 0.3) is 0 Å². The molecule has 0 heterocycles. The predicted octanol–water partition coefficient (Wildman–Crippen LogP) is 4.28. The van der Waals surface area contributed by atoms with Crippen molar-refractivity contribution in [2.24, 2.45) is 0 Å². The highest BCUT2D eigenvalue weighted by molar-refractivity contribution is 5.90. The van der Waals surface area contributed by atoms with Crippen LogP contribution in [0, 0.1) is 0 Å². The summed E-state index contributed by atoms with van der Waals surface area (Å²) in [7, 11) is 0. The van der Waals surface area contributed by atoms with Gasteiger partial charge in [0, 0.05) is 0 Å². The van der Waals surface area contributed by atoms with Crippen LogP contribution in [0.1, 0.15) is 36.5 Å². The molecule has 5 nitrogen and oxygen atoms in total. The monoisotopic (exact) mass is 314 g/mol. The molecule has 0 fully saturated rings. The average Bonchev–Trinajstić information content (AvgIpc) is 2.59. The molecule has 2 rings (SSSR count). The van der Waals surface area contributed by atoms with Gasteiger partial charge in [-0.15, -0.1) is 0 Å². The molecule has 0 amide bonds. The fourth-order valence-corrected chi connectivity index (χ4v) is 1.81. The maximum absolute atomic E-state index is 11.9. The number of para-hydroxylation sites is 1. The smallest absolute Gasteiger partial charge is 0.386 e. The van der Waals surface area contributed by atoms with E-state index in [2.05, 4.69) is 9.78 Å². The van der Waals surface area contributed by atoms with E-state index < -0.39 is 11.9 Å². The van der Waals surface area contributed by atoms with Crippen LogP contribution >= 0.6 is 0 Å². The van der Waals surface area contributed by atoms with Crippen molar-refractivity contribution in [3.05, 3.63) is 60.2 Å². The van der Waals surface area contributed by atoms with Gasteiger partial charge in [0.2, 0.25) is 0 Å². The maximum Gasteiger partial charge on any atom is 0.386 e. The van der Waals surface area contributed by atoms with Crippen molar-refractivity contribution in [1.29, 1.82) is 0 Å². The molecular weight excluding hydrogens is 296 g/mol. The number of carbonyl (C=O) groups is 2. The summed E-state index contributed by atoms with van der Waals surface area (Å²) in [5, 5.41) is 0. The molecule has 0 atom stereocenters. The van der Waals surface area contributed by atoms with Gasteiger partial charge in [0.15, 0.2) is 0 Å². The molecule has 2 aromatic carbocycles. The van der Waals surface area contributed by atoms with Gasteiger partial charge in [-0.05, 0) is 36.8 Å². The first kappa shape index (κ1) is 16.5. The molecule has 0 unspecified atom stereocenters. The van der Waals surface area contributed by atoms with Crippen LogP contribution in [-0.4, -0.2) is 11.9 Å². The second kappa shape index (κ2) is 8.58. The number of ether oxygens (including phenoxy) is 1. The first-order valence-corrected chi connectivity index (χ1v) is 7.43. The van der Waals surface area contributed by atoms with Crippen LogP contribution in [0.25, 0.3) is 0 Å². The molecule has 23 heavy (non-hydrogen) atoms. The van der Waals surface area contributed by atoms with Crippen LogP contribution in [-0.2, 0) is 14.6 Å². The highest BCUT2D eigenvalue weighted by Gasteiger charge is 2.13. The number of unbranched alkanes of at least 4 members (excludes halogenated alkanes) is 1. The van der Waals surface area contributed by atoms with Crippen LogP contribution in [0.4, 0.5) is 0 Å². The Morgan fingerprint density at radius 1 is 0.913 bits per heavy atom. The minimum atomic E-state index is -0.742. The van der Waals surface area contributed by atoms with E-state index in [4.69, 9.17) is 4.74 Å². The molecule has 0 spiro atoms. The normalized spacial score (nSPS) is 9.96. The van der Waals surface area contributed by atoms with E-state index in [0.717, 1.165) is 6.42 Å². The Balaban J connectivity index is 1.93. The van der Waals surface area contributed by atoms with Crippen molar-refractivity contribution >= 4 is 11.9 Å². The Kier molecular flexibility index (Phi) is 6.17. The number of carbonyl (C=O) groups excluding carboxylic acids is 2. The lowest BCUT2D eigenvalue weighted by Gasteiger charge is -2.07. The van der Waals surface area contributed by atoms with Gasteiger partial charge in [-0.1, -0.05) is 37.6 Å². The first-order chi connectivity index (χ1) is 11.2. The molecule has 0 aliphatic rings. The highest BCUT2D eigenvalue weighted by atomic mass is 17.2. The van der Waals surface area contributed by atoms with Crippen molar-refractivity contribution in [2.75, 3.05) is 0 Å². The van der Waals surface area contributed by atoms with Crippen LogP contribution in [0.15, 0.2) is 54.6 Å². The Morgan fingerprint density at radius 3 is 2.39 bits per heavy atom. The Labute approximate surface area is 134 Å². The molecular formula is C18H18O5. The number of benzene rings is 2. The first-order valence-electron chi connectivity index (χ1n) is 7.43. The minimum Gasteiger partial charge on any atom is -0.457 e. The Bertz CT molecular complexity index is 651. The van der Waals surface area contributed by atoms with E-state index in [0.29, 0.717) is 17.9 Å². The predicted molar refractivity (Wildman–Crippen MR) is 84.0 cm³/mol. The molecule has 0 N–H and O–H groups in total. The quantitative estimate of drug-likeness (QED) is 0.588. The van der Waals surface area contributed by atoms with E-state index in [1.54, 1.807) is 30.3 Å². The number of hydrogen-bond acceptors (Lipinski definition) is 5. The maximum atomic E-state index is 11.9. The van der Waals surface area contributed by atoms with Gasteiger partial charge >= 0.3 is 11.9 Å². The molecule has 0 saturated carbocycles. The summed E-state index contributed by atoms with van der Waals surface area (Å²) in [4.78, 5) is 32.2. The Morgan fingerprint density at radius 2 is 1.65 bits per heavy atom. The van der Waals surface area contributed by atoms with Gasteiger partial charge in [-0.2, -0.15) is 0 Å². The fraction of sp³-hybridized carbons (Fsp3) is 0.222. The largest absolute Gasteiger partial charge is 0.457 e. The summed E-state index contributed by atoms with van der Waals surface area (Å²) in [6.07, 6.45) is 1.78. The van der Waals surface area contributed by atoms with Crippen LogP contribution < -0.4 is 4.74 Å². The van der Waals surface area contributed by atoms with E-state index in [9.17, 15) is 9.59 Å². The van der Waals surface area contributed by atoms with Gasteiger partial charge in [0.05, 0.1) is 12.0 Å². The van der Waals surface area contributed by atoms with Gasteiger partial charge in [-0.25, -0.2) is 19.4 Å². The average molecular weight is 314 g/mol. The SMILES string of the molecule is CCCCC(=O)OOC(=O)c1cccc(Oc2ccccc2)c1. The molecule has 0 aromatic heterocycles. The molecule has 0 saturated heterocycles. The van der Waals surface area contributed by atoms with Crippen molar-refractivity contribution < 1.29 is 24.1 Å². The molecule has 0 bridgehead atoms. The van der Waals surface area contributed by atoms with Gasteiger partial charge in [0.1, 0.15) is 11.5 Å². The van der Waals surface area contributed by atoms with Crippen LogP contribution in [0.5, 0.6) is 11.5 Å². The summed E-state index contributed by atoms with van der Waals surface area (Å²) < 4.78 is 5.63. The fourth-order valence-electron chi connectivity index (χ4n) is 1.81. The van der Waals surface area contributed by atoms with Crippen LogP contribution in [0.3, 0.4) is 0 Å². The molecule has 0 aliphatic heterocycles. The number of hydrogen-bond donors (Lipinski definition) is 0. The zero-order valence-electron chi connectivity index (χ0n) is 12.9. The Hall–Kier alpha value is -2.82. The third kappa shape index (κ3) is 5.47. The lowest BCUT2D eigenvalue weighted by atomic mass is 10.2. The molecule has 0 aliphatic carbocycles. The third-order valence-electron chi connectivity index (χ3n) is 2.99. The zero-order valence-corrected chi connectivity index (χ0v) is 12.9. The summed E-state index contributed by atoms with van der Waals surface area (Å²) >= 11 is 0. The molecule has 0 radical (unpaired) electrons. The minimum absolute atomic E-state index is 0.223. The van der Waals surface area contributed by atoms with Crippen LogP contribution in [0.2, 0.25) is 0 Å². The van der Waals surface area contributed by atoms with E-state index in [-0.39, 0.29) is 12.0 Å². The van der Waals surface area contributed by atoms with E-state index >= 15 is 0 Å². The van der Waals surface area contributed by atoms with Gasteiger partial charge in [-0.3, -0.25) is 0 Å². The molecule has 2 aromatic rings. The van der Waals surface area contributed by atoms with E-state index in [1.165, 1.54) is 6.07 Å². The second-order valence-electron chi connectivity index (χ2n) is 4.87. The third-order valence-corrected chi connectivity index (χ3v) is 2.99. The summed E-state index contributed by atoms with van der Waals surface area (Å²) in [6.45, 7) is 1.96. The van der Waals surface area contributed by atoms with Gasteiger partial charge < -0.3 is 4.74 Å². The summed E-state index contributed by atoms with van der Waals surface area (Å²) in [6, 6.07) is 15.7.